The van der Waals surface area contributed by atoms with E-state index in [1.165, 1.54) is 5.56 Å². The lowest BCUT2D eigenvalue weighted by atomic mass is 10.0. The summed E-state index contributed by atoms with van der Waals surface area (Å²) in [6.07, 6.45) is 4.99. The lowest BCUT2D eigenvalue weighted by Gasteiger charge is -2.13. The van der Waals surface area contributed by atoms with Crippen LogP contribution in [0.4, 0.5) is 0 Å². The number of halogens is 1. The highest BCUT2D eigenvalue weighted by Gasteiger charge is 2.13. The van der Waals surface area contributed by atoms with E-state index >= 15 is 0 Å². The van der Waals surface area contributed by atoms with E-state index in [2.05, 4.69) is 32.0 Å². The Morgan fingerprint density at radius 2 is 2.12 bits per heavy atom. The molecule has 2 N–H and O–H groups in total. The summed E-state index contributed by atoms with van der Waals surface area (Å²) >= 11 is 3.50. The van der Waals surface area contributed by atoms with Crippen molar-refractivity contribution in [3.05, 3.63) is 58.1 Å². The number of rotatable bonds is 2. The average Bonchev–Trinajstić information content (AvgIpc) is 2.32. The van der Waals surface area contributed by atoms with Crippen LogP contribution in [0.25, 0.3) is 0 Å². The van der Waals surface area contributed by atoms with Gasteiger partial charge >= 0.3 is 0 Å². The Balaban J connectivity index is 2.41. The number of benzene rings is 1. The Labute approximate surface area is 103 Å². The molecule has 3 nitrogen and oxygen atoms in total. The minimum absolute atomic E-state index is 0.247. The molecule has 0 saturated carbocycles. The highest BCUT2D eigenvalue weighted by molar-refractivity contribution is 9.10. The summed E-state index contributed by atoms with van der Waals surface area (Å²) in [4.78, 5) is 8.24. The van der Waals surface area contributed by atoms with Crippen molar-refractivity contribution in [1.29, 1.82) is 0 Å². The zero-order chi connectivity index (χ0) is 11.5. The molecular formula is C12H12BrN3. The van der Waals surface area contributed by atoms with Crippen LogP contribution in [-0.2, 0) is 0 Å². The molecular weight excluding hydrogens is 266 g/mol. The number of nitrogens with two attached hydrogens (primary N) is 1. The van der Waals surface area contributed by atoms with Gasteiger partial charge in [0.05, 0.1) is 17.9 Å². The Morgan fingerprint density at radius 1 is 1.31 bits per heavy atom. The van der Waals surface area contributed by atoms with Crippen LogP contribution in [0.3, 0.4) is 0 Å². The third kappa shape index (κ3) is 2.28. The number of nitrogens with zero attached hydrogens (tertiary/aromatic N) is 2. The number of hydrogen-bond donors (Lipinski definition) is 1. The minimum atomic E-state index is -0.247. The molecule has 0 aliphatic rings. The largest absolute Gasteiger partial charge is 0.319 e. The van der Waals surface area contributed by atoms with Gasteiger partial charge in [-0.15, -0.1) is 0 Å². The molecule has 1 aromatic heterocycles. The zero-order valence-electron chi connectivity index (χ0n) is 8.89. The summed E-state index contributed by atoms with van der Waals surface area (Å²) in [6.45, 7) is 2.04. The van der Waals surface area contributed by atoms with Crippen LogP contribution in [0.1, 0.15) is 22.9 Å². The van der Waals surface area contributed by atoms with Crippen molar-refractivity contribution < 1.29 is 0 Å². The van der Waals surface area contributed by atoms with E-state index in [0.717, 1.165) is 15.7 Å². The van der Waals surface area contributed by atoms with E-state index in [-0.39, 0.29) is 6.04 Å². The third-order valence-electron chi connectivity index (χ3n) is 2.39. The van der Waals surface area contributed by atoms with Gasteiger partial charge in [0.25, 0.3) is 0 Å². The van der Waals surface area contributed by atoms with Gasteiger partial charge in [0.2, 0.25) is 0 Å². The molecule has 16 heavy (non-hydrogen) atoms. The molecule has 1 aromatic carbocycles. The first-order chi connectivity index (χ1) is 7.68. The van der Waals surface area contributed by atoms with E-state index in [1.807, 2.05) is 19.1 Å². The predicted octanol–water partition coefficient (Wildman–Crippen LogP) is 2.60. The molecule has 0 aliphatic carbocycles. The molecule has 0 spiro atoms. The van der Waals surface area contributed by atoms with Crippen molar-refractivity contribution in [1.82, 2.24) is 9.97 Å². The molecule has 4 heteroatoms. The molecule has 0 bridgehead atoms. The Bertz CT molecular complexity index is 485. The molecule has 2 rings (SSSR count). The van der Waals surface area contributed by atoms with Crippen molar-refractivity contribution in [3.63, 3.8) is 0 Å². The predicted molar refractivity (Wildman–Crippen MR) is 66.9 cm³/mol. The second-order valence-corrected chi connectivity index (χ2v) is 4.49. The molecule has 1 heterocycles. The smallest absolute Gasteiger partial charge is 0.0799 e. The molecule has 0 saturated heterocycles. The van der Waals surface area contributed by atoms with E-state index < -0.39 is 0 Å². The zero-order valence-corrected chi connectivity index (χ0v) is 10.5. The average molecular weight is 278 g/mol. The van der Waals surface area contributed by atoms with E-state index in [4.69, 9.17) is 5.73 Å². The third-order valence-corrected chi connectivity index (χ3v) is 3.11. The maximum Gasteiger partial charge on any atom is 0.0799 e. The lowest BCUT2D eigenvalue weighted by Crippen LogP contribution is -2.14. The summed E-state index contributed by atoms with van der Waals surface area (Å²) < 4.78 is 0.997. The molecule has 0 aliphatic heterocycles. The first-order valence-electron chi connectivity index (χ1n) is 4.96. The van der Waals surface area contributed by atoms with Crippen LogP contribution in [0.2, 0.25) is 0 Å². The highest BCUT2D eigenvalue weighted by Crippen LogP contribution is 2.26. The standard InChI is InChI=1S/C12H12BrN3/c1-8-2-3-10(13)9(6-8)12(14)11-7-15-4-5-16-11/h2-7,12H,14H2,1H3. The van der Waals surface area contributed by atoms with Crippen LogP contribution in [0, 0.1) is 6.92 Å². The fraction of sp³-hybridized carbons (Fsp3) is 0.167. The van der Waals surface area contributed by atoms with Gasteiger partial charge in [-0.1, -0.05) is 33.6 Å². The normalized spacial score (nSPS) is 12.4. The van der Waals surface area contributed by atoms with Gasteiger partial charge in [0.15, 0.2) is 0 Å². The van der Waals surface area contributed by atoms with Gasteiger partial charge in [-0.25, -0.2) is 0 Å². The van der Waals surface area contributed by atoms with Gasteiger partial charge in [0.1, 0.15) is 0 Å². The number of hydrogen-bond acceptors (Lipinski definition) is 3. The fourth-order valence-corrected chi connectivity index (χ4v) is 2.03. The second-order valence-electron chi connectivity index (χ2n) is 3.63. The van der Waals surface area contributed by atoms with Crippen molar-refractivity contribution >= 4 is 15.9 Å². The maximum atomic E-state index is 6.15. The Hall–Kier alpha value is -1.26. The maximum absolute atomic E-state index is 6.15. The monoisotopic (exact) mass is 277 g/mol. The van der Waals surface area contributed by atoms with E-state index in [9.17, 15) is 0 Å². The summed E-state index contributed by atoms with van der Waals surface area (Å²) in [5, 5.41) is 0. The minimum Gasteiger partial charge on any atom is -0.319 e. The molecule has 0 radical (unpaired) electrons. The van der Waals surface area contributed by atoms with Crippen molar-refractivity contribution in [2.45, 2.75) is 13.0 Å². The summed E-state index contributed by atoms with van der Waals surface area (Å²) in [7, 11) is 0. The summed E-state index contributed by atoms with van der Waals surface area (Å²) in [5.41, 5.74) is 9.13. The highest BCUT2D eigenvalue weighted by atomic mass is 79.9. The van der Waals surface area contributed by atoms with Crippen LogP contribution in [0.15, 0.2) is 41.3 Å². The van der Waals surface area contributed by atoms with E-state index in [1.54, 1.807) is 18.6 Å². The summed E-state index contributed by atoms with van der Waals surface area (Å²) in [6, 6.07) is 5.85. The lowest BCUT2D eigenvalue weighted by molar-refractivity contribution is 0.812. The summed E-state index contributed by atoms with van der Waals surface area (Å²) in [5.74, 6) is 0. The van der Waals surface area contributed by atoms with Crippen molar-refractivity contribution in [2.75, 3.05) is 0 Å². The van der Waals surface area contributed by atoms with Crippen molar-refractivity contribution in [2.24, 2.45) is 5.73 Å². The quantitative estimate of drug-likeness (QED) is 0.918. The van der Waals surface area contributed by atoms with Gasteiger partial charge in [-0.3, -0.25) is 9.97 Å². The van der Waals surface area contributed by atoms with Crippen LogP contribution in [-0.4, -0.2) is 9.97 Å². The topological polar surface area (TPSA) is 51.8 Å². The fourth-order valence-electron chi connectivity index (χ4n) is 1.53. The SMILES string of the molecule is Cc1ccc(Br)c(C(N)c2cnccn2)c1. The van der Waals surface area contributed by atoms with Gasteiger partial charge < -0.3 is 5.73 Å². The molecule has 0 fully saturated rings. The number of aryl methyl sites for hydroxylation is 1. The van der Waals surface area contributed by atoms with Crippen molar-refractivity contribution in [3.8, 4) is 0 Å². The van der Waals surface area contributed by atoms with Crippen LogP contribution in [0.5, 0.6) is 0 Å². The molecule has 1 unspecified atom stereocenters. The Morgan fingerprint density at radius 3 is 2.81 bits per heavy atom. The van der Waals surface area contributed by atoms with Gasteiger partial charge in [-0.2, -0.15) is 0 Å². The van der Waals surface area contributed by atoms with Crippen LogP contribution < -0.4 is 5.73 Å². The van der Waals surface area contributed by atoms with Gasteiger partial charge in [-0.05, 0) is 18.6 Å². The molecule has 82 valence electrons. The second kappa shape index (κ2) is 4.72. The molecule has 1 atom stereocenters. The first-order valence-corrected chi connectivity index (χ1v) is 5.75. The van der Waals surface area contributed by atoms with Gasteiger partial charge in [0, 0.05) is 16.9 Å². The molecule has 0 amide bonds. The first kappa shape index (κ1) is 11.2. The van der Waals surface area contributed by atoms with Crippen LogP contribution >= 0.6 is 15.9 Å². The number of aromatic nitrogens is 2. The Kier molecular flexibility index (Phi) is 3.31. The van der Waals surface area contributed by atoms with E-state index in [0.29, 0.717) is 0 Å². The molecule has 2 aromatic rings.